The highest BCUT2D eigenvalue weighted by molar-refractivity contribution is 5.97. The first-order valence-corrected chi connectivity index (χ1v) is 4.87. The molecule has 1 aliphatic heterocycles. The van der Waals surface area contributed by atoms with Crippen LogP contribution in [0.4, 0.5) is 5.69 Å². The Bertz CT molecular complexity index is 370. The molecule has 82 valence electrons. The maximum Gasteiger partial charge on any atom is 0.271 e. The highest BCUT2D eigenvalue weighted by atomic mass is 16.5. The molecular weight excluding hydrogens is 196 g/mol. The van der Waals surface area contributed by atoms with Crippen molar-refractivity contribution in [1.82, 2.24) is 15.1 Å². The first kappa shape index (κ1) is 9.97. The van der Waals surface area contributed by atoms with Gasteiger partial charge in [-0.1, -0.05) is 0 Å². The molecule has 1 aromatic rings. The number of nitrogens with zero attached hydrogens (tertiary/aromatic N) is 2. The van der Waals surface area contributed by atoms with Crippen molar-refractivity contribution in [1.29, 1.82) is 0 Å². The van der Waals surface area contributed by atoms with E-state index in [0.29, 0.717) is 17.9 Å². The van der Waals surface area contributed by atoms with Gasteiger partial charge in [-0.15, -0.1) is 0 Å². The Morgan fingerprint density at radius 2 is 2.60 bits per heavy atom. The Hall–Kier alpha value is -1.56. The third kappa shape index (κ3) is 1.80. The summed E-state index contributed by atoms with van der Waals surface area (Å²) < 4.78 is 6.87. The lowest BCUT2D eigenvalue weighted by atomic mass is 10.2. The van der Waals surface area contributed by atoms with Crippen LogP contribution in [0.2, 0.25) is 0 Å². The average molecular weight is 210 g/mol. The van der Waals surface area contributed by atoms with Crippen LogP contribution in [-0.2, 0) is 11.3 Å². The minimum Gasteiger partial charge on any atom is -0.396 e. The van der Waals surface area contributed by atoms with E-state index in [-0.39, 0.29) is 12.0 Å². The average Bonchev–Trinajstić information content (AvgIpc) is 2.52. The normalized spacial score (nSPS) is 19.7. The molecule has 1 unspecified atom stereocenters. The van der Waals surface area contributed by atoms with Gasteiger partial charge in [0.15, 0.2) is 0 Å². The summed E-state index contributed by atoms with van der Waals surface area (Å²) in [4.78, 5) is 11.5. The highest BCUT2D eigenvalue weighted by Gasteiger charge is 2.23. The van der Waals surface area contributed by atoms with Gasteiger partial charge in [-0.05, 0) is 6.42 Å². The number of rotatable bonds is 3. The van der Waals surface area contributed by atoms with Crippen LogP contribution in [0.5, 0.6) is 0 Å². The van der Waals surface area contributed by atoms with E-state index in [1.807, 2.05) is 0 Å². The molecule has 15 heavy (non-hydrogen) atoms. The Balaban J connectivity index is 2.18. The zero-order valence-electron chi connectivity index (χ0n) is 8.56. The number of ether oxygens (including phenoxy) is 1. The highest BCUT2D eigenvalue weighted by Crippen LogP contribution is 2.16. The number of nitrogen functional groups attached to an aromatic ring is 1. The Morgan fingerprint density at radius 1 is 1.87 bits per heavy atom. The van der Waals surface area contributed by atoms with E-state index in [1.165, 1.54) is 6.20 Å². The van der Waals surface area contributed by atoms with Gasteiger partial charge in [0, 0.05) is 13.7 Å². The number of aromatic nitrogens is 2. The SMILES string of the molecule is CNC(=O)c1c(N)cnn1CC1CCO1. The summed E-state index contributed by atoms with van der Waals surface area (Å²) in [7, 11) is 1.57. The van der Waals surface area contributed by atoms with Gasteiger partial charge >= 0.3 is 0 Å². The molecule has 3 N–H and O–H groups in total. The second kappa shape index (κ2) is 3.90. The van der Waals surface area contributed by atoms with Crippen LogP contribution in [0.3, 0.4) is 0 Å². The number of anilines is 1. The van der Waals surface area contributed by atoms with Crippen molar-refractivity contribution in [3.63, 3.8) is 0 Å². The van der Waals surface area contributed by atoms with Gasteiger partial charge < -0.3 is 15.8 Å². The van der Waals surface area contributed by atoms with Crippen molar-refractivity contribution < 1.29 is 9.53 Å². The number of nitrogens with two attached hydrogens (primary N) is 1. The predicted molar refractivity (Wildman–Crippen MR) is 54.4 cm³/mol. The van der Waals surface area contributed by atoms with Gasteiger partial charge in [0.05, 0.1) is 24.5 Å². The van der Waals surface area contributed by atoms with E-state index < -0.39 is 0 Å². The molecule has 2 rings (SSSR count). The van der Waals surface area contributed by atoms with Crippen LogP contribution in [0, 0.1) is 0 Å². The van der Waals surface area contributed by atoms with E-state index in [1.54, 1.807) is 11.7 Å². The molecule has 1 aliphatic rings. The fourth-order valence-corrected chi connectivity index (χ4v) is 1.53. The molecule has 0 saturated carbocycles. The molecule has 0 radical (unpaired) electrons. The molecule has 0 bridgehead atoms. The van der Waals surface area contributed by atoms with Crippen LogP contribution < -0.4 is 11.1 Å². The Kier molecular flexibility index (Phi) is 2.59. The number of hydrogen-bond acceptors (Lipinski definition) is 4. The molecule has 1 atom stereocenters. The lowest BCUT2D eigenvalue weighted by molar-refractivity contribution is -0.0611. The van der Waals surface area contributed by atoms with Crippen molar-refractivity contribution in [2.75, 3.05) is 19.4 Å². The van der Waals surface area contributed by atoms with Crippen molar-refractivity contribution in [2.24, 2.45) is 0 Å². The molecule has 1 saturated heterocycles. The largest absolute Gasteiger partial charge is 0.396 e. The second-order valence-electron chi connectivity index (χ2n) is 3.49. The number of carbonyl (C=O) groups excluding carboxylic acids is 1. The molecule has 0 spiro atoms. The predicted octanol–water partition coefficient (Wildman–Crippen LogP) is -0.386. The van der Waals surface area contributed by atoms with E-state index in [4.69, 9.17) is 10.5 Å². The molecule has 1 amide bonds. The fraction of sp³-hybridized carbons (Fsp3) is 0.556. The number of carbonyl (C=O) groups is 1. The zero-order valence-corrected chi connectivity index (χ0v) is 8.56. The standard InChI is InChI=1S/C9H14N4O2/c1-11-9(14)8-7(10)4-12-13(8)5-6-2-3-15-6/h4,6H,2-3,5,10H2,1H3,(H,11,14). The van der Waals surface area contributed by atoms with Gasteiger partial charge in [0.25, 0.3) is 5.91 Å². The monoisotopic (exact) mass is 210 g/mol. The zero-order chi connectivity index (χ0) is 10.8. The van der Waals surface area contributed by atoms with Crippen molar-refractivity contribution in [3.8, 4) is 0 Å². The van der Waals surface area contributed by atoms with Crippen LogP contribution in [0.15, 0.2) is 6.20 Å². The quantitative estimate of drug-likeness (QED) is 0.712. The molecule has 0 aliphatic carbocycles. The summed E-state index contributed by atoms with van der Waals surface area (Å²) in [5.74, 6) is -0.218. The summed E-state index contributed by atoms with van der Waals surface area (Å²) >= 11 is 0. The third-order valence-electron chi connectivity index (χ3n) is 2.48. The second-order valence-corrected chi connectivity index (χ2v) is 3.49. The van der Waals surface area contributed by atoms with Crippen LogP contribution in [0.25, 0.3) is 0 Å². The first-order valence-electron chi connectivity index (χ1n) is 4.87. The van der Waals surface area contributed by atoms with Gasteiger partial charge in [-0.25, -0.2) is 0 Å². The van der Waals surface area contributed by atoms with Gasteiger partial charge in [-0.2, -0.15) is 5.10 Å². The van der Waals surface area contributed by atoms with Crippen molar-refractivity contribution in [2.45, 2.75) is 19.1 Å². The van der Waals surface area contributed by atoms with Crippen molar-refractivity contribution in [3.05, 3.63) is 11.9 Å². The van der Waals surface area contributed by atoms with E-state index >= 15 is 0 Å². The summed E-state index contributed by atoms with van der Waals surface area (Å²) in [6.07, 6.45) is 2.66. The minimum atomic E-state index is -0.218. The van der Waals surface area contributed by atoms with Crippen LogP contribution in [0.1, 0.15) is 16.9 Å². The van der Waals surface area contributed by atoms with E-state index in [9.17, 15) is 4.79 Å². The number of nitrogens with one attached hydrogen (secondary N) is 1. The summed E-state index contributed by atoms with van der Waals surface area (Å²) in [6, 6.07) is 0. The third-order valence-corrected chi connectivity index (χ3v) is 2.48. The van der Waals surface area contributed by atoms with Gasteiger partial charge in [0.2, 0.25) is 0 Å². The molecule has 1 aromatic heterocycles. The Morgan fingerprint density at radius 3 is 3.13 bits per heavy atom. The molecule has 6 heteroatoms. The van der Waals surface area contributed by atoms with Gasteiger partial charge in [-0.3, -0.25) is 9.48 Å². The van der Waals surface area contributed by atoms with Crippen molar-refractivity contribution >= 4 is 11.6 Å². The molecule has 2 heterocycles. The lowest BCUT2D eigenvalue weighted by Gasteiger charge is -2.26. The maximum atomic E-state index is 11.5. The number of hydrogen-bond donors (Lipinski definition) is 2. The summed E-state index contributed by atoms with van der Waals surface area (Å²) in [6.45, 7) is 1.37. The summed E-state index contributed by atoms with van der Waals surface area (Å²) in [5, 5.41) is 6.59. The van der Waals surface area contributed by atoms with Gasteiger partial charge in [0.1, 0.15) is 5.69 Å². The Labute approximate surface area is 87.4 Å². The molecular formula is C9H14N4O2. The molecule has 1 fully saturated rings. The molecule has 6 nitrogen and oxygen atoms in total. The van der Waals surface area contributed by atoms with Crippen LogP contribution >= 0.6 is 0 Å². The maximum absolute atomic E-state index is 11.5. The summed E-state index contributed by atoms with van der Waals surface area (Å²) in [5.41, 5.74) is 6.48. The lowest BCUT2D eigenvalue weighted by Crippen LogP contribution is -2.33. The van der Waals surface area contributed by atoms with Crippen LogP contribution in [-0.4, -0.2) is 35.4 Å². The first-order chi connectivity index (χ1) is 7.22. The molecule has 0 aromatic carbocycles. The van der Waals surface area contributed by atoms with E-state index in [2.05, 4.69) is 10.4 Å². The number of amides is 1. The topological polar surface area (TPSA) is 82.2 Å². The van der Waals surface area contributed by atoms with E-state index in [0.717, 1.165) is 13.0 Å². The minimum absolute atomic E-state index is 0.160. The fourth-order valence-electron chi connectivity index (χ4n) is 1.53. The smallest absolute Gasteiger partial charge is 0.271 e.